The zero-order chi connectivity index (χ0) is 32.0. The van der Waals surface area contributed by atoms with Crippen LogP contribution >= 0.6 is 0 Å². The fourth-order valence-electron chi connectivity index (χ4n) is 5.03. The summed E-state index contributed by atoms with van der Waals surface area (Å²) in [6, 6.07) is 14.3. The van der Waals surface area contributed by atoms with Gasteiger partial charge in [0.25, 0.3) is 0 Å². The van der Waals surface area contributed by atoms with Gasteiger partial charge in [-0.3, -0.25) is 9.69 Å². The summed E-state index contributed by atoms with van der Waals surface area (Å²) in [5.74, 6) is -0.356. The lowest BCUT2D eigenvalue weighted by atomic mass is 10.0. The number of hydrogen-bond donors (Lipinski definition) is 3. The molecule has 0 spiro atoms. The van der Waals surface area contributed by atoms with E-state index in [2.05, 4.69) is 10.6 Å². The van der Waals surface area contributed by atoms with E-state index in [0.717, 1.165) is 12.1 Å². The first-order valence-corrected chi connectivity index (χ1v) is 14.2. The van der Waals surface area contributed by atoms with Crippen molar-refractivity contribution in [3.63, 3.8) is 0 Å². The number of carbonyl (C=O) groups is 2. The van der Waals surface area contributed by atoms with E-state index in [1.807, 2.05) is 18.9 Å². The van der Waals surface area contributed by atoms with Gasteiger partial charge in [-0.15, -0.1) is 0 Å². The second kappa shape index (κ2) is 14.1. The smallest absolute Gasteiger partial charge is 0.416 e. The maximum atomic E-state index is 13.4. The van der Waals surface area contributed by atoms with Crippen molar-refractivity contribution in [1.29, 1.82) is 0 Å². The minimum absolute atomic E-state index is 0.0321. The number of urea groups is 1. The van der Waals surface area contributed by atoms with Crippen LogP contribution in [-0.2, 0) is 23.9 Å². The number of nitrogens with one attached hydrogen (secondary N) is 2. The van der Waals surface area contributed by atoms with Crippen molar-refractivity contribution in [2.24, 2.45) is 5.92 Å². The van der Waals surface area contributed by atoms with E-state index in [1.165, 1.54) is 36.4 Å². The molecule has 44 heavy (non-hydrogen) atoms. The van der Waals surface area contributed by atoms with Gasteiger partial charge < -0.3 is 25.4 Å². The quantitative estimate of drug-likeness (QED) is 0.280. The molecule has 1 aliphatic rings. The number of alkyl halides is 3. The predicted molar refractivity (Wildman–Crippen MR) is 159 cm³/mol. The van der Waals surface area contributed by atoms with E-state index in [0.29, 0.717) is 47.9 Å². The highest BCUT2D eigenvalue weighted by Gasteiger charge is 2.32. The van der Waals surface area contributed by atoms with Gasteiger partial charge in [0.15, 0.2) is 0 Å². The zero-order valence-electron chi connectivity index (χ0n) is 24.7. The lowest BCUT2D eigenvalue weighted by Crippen LogP contribution is -2.47. The van der Waals surface area contributed by atoms with Crippen LogP contribution in [0.3, 0.4) is 0 Å². The molecule has 1 aliphatic heterocycles. The fourth-order valence-corrected chi connectivity index (χ4v) is 5.03. The predicted octanol–water partition coefficient (Wildman–Crippen LogP) is 5.77. The van der Waals surface area contributed by atoms with E-state index in [1.54, 1.807) is 30.0 Å². The van der Waals surface area contributed by atoms with E-state index in [9.17, 15) is 32.3 Å². The molecule has 3 amide bonds. The van der Waals surface area contributed by atoms with Gasteiger partial charge in [-0.05, 0) is 74.1 Å². The lowest BCUT2D eigenvalue weighted by molar-refractivity contribution is -0.137. The van der Waals surface area contributed by atoms with Crippen LogP contribution in [0.4, 0.5) is 33.7 Å². The Morgan fingerprint density at radius 1 is 1.07 bits per heavy atom. The van der Waals surface area contributed by atoms with Gasteiger partial charge >= 0.3 is 12.2 Å². The molecule has 3 N–H and O–H groups in total. The Morgan fingerprint density at radius 2 is 1.70 bits per heavy atom. The highest BCUT2D eigenvalue weighted by Crippen LogP contribution is 2.31. The van der Waals surface area contributed by atoms with Gasteiger partial charge in [-0.2, -0.15) is 13.2 Å². The number of fused-ring (bicyclic) bond motifs is 1. The first-order chi connectivity index (χ1) is 20.8. The number of nitrogens with zero attached hydrogens (tertiary/aromatic N) is 2. The number of amides is 3. The standard InChI is InChI=1S/C32H36F4N4O4/c1-20-16-40(21(2)19-41)30(42)15-23-14-27(38-31(43)37-26-10-8-25(33)9-11-26)12-13-28(23)44-29(20)18-39(3)17-22-4-6-24(7-5-22)32(34,35)36/h4-14,20-21,29,41H,15-19H2,1-3H3,(H2,37,38,43)/t20-,21+,29+/m1/s1. The number of carbonyl (C=O) groups excluding carboxylic acids is 2. The second-order valence-corrected chi connectivity index (χ2v) is 11.2. The maximum absolute atomic E-state index is 13.4. The van der Waals surface area contributed by atoms with Crippen LogP contribution in [0.2, 0.25) is 0 Å². The SMILES string of the molecule is C[C@@H]1CN([C@@H](C)CO)C(=O)Cc2cc(NC(=O)Nc3ccc(F)cc3)ccc2O[C@H]1CN(C)Cc1ccc(C(F)(F)F)cc1. The topological polar surface area (TPSA) is 94.1 Å². The molecule has 0 aromatic heterocycles. The van der Waals surface area contributed by atoms with Gasteiger partial charge in [-0.25, -0.2) is 9.18 Å². The Hall–Kier alpha value is -4.16. The van der Waals surface area contributed by atoms with E-state index in [-0.39, 0.29) is 24.9 Å². The van der Waals surface area contributed by atoms with Crippen LogP contribution in [-0.4, -0.2) is 65.7 Å². The van der Waals surface area contributed by atoms with Crippen LogP contribution in [0.5, 0.6) is 5.75 Å². The summed E-state index contributed by atoms with van der Waals surface area (Å²) in [7, 11) is 1.84. The Bertz CT molecular complexity index is 1430. The highest BCUT2D eigenvalue weighted by molar-refractivity contribution is 5.99. The van der Waals surface area contributed by atoms with Gasteiger partial charge in [-0.1, -0.05) is 19.1 Å². The molecule has 236 valence electrons. The number of ether oxygens (including phenoxy) is 1. The van der Waals surface area contributed by atoms with Crippen molar-refractivity contribution in [2.75, 3.05) is 37.4 Å². The average Bonchev–Trinajstić information content (AvgIpc) is 3.01. The van der Waals surface area contributed by atoms with Crippen LogP contribution in [0.15, 0.2) is 66.7 Å². The third kappa shape index (κ3) is 8.70. The number of hydrogen-bond acceptors (Lipinski definition) is 5. The number of halogens is 4. The molecule has 3 aromatic carbocycles. The molecule has 8 nitrogen and oxygen atoms in total. The van der Waals surface area contributed by atoms with Crippen LogP contribution in [0.25, 0.3) is 0 Å². The van der Waals surface area contributed by atoms with Crippen molar-refractivity contribution in [2.45, 2.75) is 45.1 Å². The summed E-state index contributed by atoms with van der Waals surface area (Å²) in [5.41, 5.74) is 1.34. The summed E-state index contributed by atoms with van der Waals surface area (Å²) >= 11 is 0. The monoisotopic (exact) mass is 616 g/mol. The summed E-state index contributed by atoms with van der Waals surface area (Å²) in [5, 5.41) is 15.2. The minimum atomic E-state index is -4.41. The number of benzene rings is 3. The minimum Gasteiger partial charge on any atom is -0.488 e. The first-order valence-electron chi connectivity index (χ1n) is 14.2. The molecular formula is C32H36F4N4O4. The van der Waals surface area contributed by atoms with Crippen molar-refractivity contribution in [3.8, 4) is 5.75 Å². The Morgan fingerprint density at radius 3 is 2.34 bits per heavy atom. The number of anilines is 2. The van der Waals surface area contributed by atoms with Gasteiger partial charge in [0.05, 0.1) is 24.6 Å². The Balaban J connectivity index is 1.54. The molecule has 0 saturated carbocycles. The van der Waals surface area contributed by atoms with E-state index < -0.39 is 35.7 Å². The number of likely N-dealkylation sites (N-methyl/N-ethyl adjacent to an activating group) is 1. The molecule has 1 heterocycles. The van der Waals surface area contributed by atoms with Crippen LogP contribution in [0, 0.1) is 11.7 Å². The van der Waals surface area contributed by atoms with Crippen molar-refractivity contribution < 1.29 is 37.0 Å². The average molecular weight is 617 g/mol. The van der Waals surface area contributed by atoms with Crippen LogP contribution in [0.1, 0.15) is 30.5 Å². The highest BCUT2D eigenvalue weighted by atomic mass is 19.4. The van der Waals surface area contributed by atoms with Gasteiger partial charge in [0.1, 0.15) is 17.7 Å². The molecule has 3 atom stereocenters. The molecule has 12 heteroatoms. The fraction of sp³-hybridized carbons (Fsp3) is 0.375. The van der Waals surface area contributed by atoms with Gasteiger partial charge in [0, 0.05) is 42.5 Å². The molecule has 0 aliphatic carbocycles. The molecule has 4 rings (SSSR count). The van der Waals surface area contributed by atoms with Crippen molar-refractivity contribution >= 4 is 23.3 Å². The maximum Gasteiger partial charge on any atom is 0.416 e. The largest absolute Gasteiger partial charge is 0.488 e. The summed E-state index contributed by atoms with van der Waals surface area (Å²) in [6.45, 7) is 4.57. The van der Waals surface area contributed by atoms with Crippen molar-refractivity contribution in [3.05, 3.63) is 89.2 Å². The van der Waals surface area contributed by atoms with E-state index >= 15 is 0 Å². The number of aliphatic hydroxyl groups is 1. The Labute approximate surface area is 253 Å². The van der Waals surface area contributed by atoms with Gasteiger partial charge in [0.2, 0.25) is 5.91 Å². The first kappa shape index (κ1) is 32.7. The second-order valence-electron chi connectivity index (χ2n) is 11.2. The zero-order valence-corrected chi connectivity index (χ0v) is 24.7. The summed E-state index contributed by atoms with van der Waals surface area (Å²) in [6.07, 6.45) is -4.86. The normalized spacial score (nSPS) is 18.0. The molecule has 0 fully saturated rings. The molecule has 0 saturated heterocycles. The molecule has 0 unspecified atom stereocenters. The molecule has 3 aromatic rings. The third-order valence-electron chi connectivity index (χ3n) is 7.50. The van der Waals surface area contributed by atoms with Crippen LogP contribution < -0.4 is 15.4 Å². The molecular weight excluding hydrogens is 580 g/mol. The lowest BCUT2D eigenvalue weighted by Gasteiger charge is -2.34. The summed E-state index contributed by atoms with van der Waals surface area (Å²) < 4.78 is 58.6. The summed E-state index contributed by atoms with van der Waals surface area (Å²) in [4.78, 5) is 29.6. The molecule has 0 bridgehead atoms. The Kier molecular flexibility index (Phi) is 10.5. The number of aliphatic hydroxyl groups excluding tert-OH is 1. The third-order valence-corrected chi connectivity index (χ3v) is 7.50. The molecule has 0 radical (unpaired) electrons. The van der Waals surface area contributed by atoms with Crippen molar-refractivity contribution in [1.82, 2.24) is 9.80 Å². The van der Waals surface area contributed by atoms with E-state index in [4.69, 9.17) is 4.74 Å². The number of rotatable bonds is 8.